The van der Waals surface area contributed by atoms with E-state index >= 15 is 0 Å². The molecule has 2 nitrogen and oxygen atoms in total. The summed E-state index contributed by atoms with van der Waals surface area (Å²) in [5, 5.41) is 2.10. The molecular weight excluding hydrogens is 300 g/mol. The molecule has 3 heteroatoms. The van der Waals surface area contributed by atoms with Gasteiger partial charge in [-0.2, -0.15) is 0 Å². The van der Waals surface area contributed by atoms with Crippen LogP contribution >= 0.6 is 11.3 Å². The molecule has 2 rings (SSSR count). The van der Waals surface area contributed by atoms with Gasteiger partial charge in [-0.15, -0.1) is 11.3 Å². The van der Waals surface area contributed by atoms with Crippen molar-refractivity contribution in [2.45, 2.75) is 27.2 Å². The summed E-state index contributed by atoms with van der Waals surface area (Å²) in [5.74, 6) is 0. The number of hydrogen-bond donors (Lipinski definition) is 0. The summed E-state index contributed by atoms with van der Waals surface area (Å²) >= 11 is 1.73. The first-order valence-electron chi connectivity index (χ1n) is 8.30. The van der Waals surface area contributed by atoms with E-state index in [0.717, 1.165) is 25.2 Å². The van der Waals surface area contributed by atoms with E-state index < -0.39 is 0 Å². The number of anilines is 1. The largest absolute Gasteiger partial charge is 0.372 e. The summed E-state index contributed by atoms with van der Waals surface area (Å²) < 4.78 is 0. The van der Waals surface area contributed by atoms with E-state index in [1.54, 1.807) is 11.3 Å². The van der Waals surface area contributed by atoms with Gasteiger partial charge in [-0.1, -0.05) is 25.1 Å². The molecule has 0 N–H and O–H groups in total. The quantitative estimate of drug-likeness (QED) is 0.613. The summed E-state index contributed by atoms with van der Waals surface area (Å²) in [4.78, 5) is 8.04. The number of hydrogen-bond acceptors (Lipinski definition) is 3. The second-order valence-electron chi connectivity index (χ2n) is 5.33. The molecule has 1 aromatic heterocycles. The number of allylic oxidation sites excluding steroid dienone is 2. The Balaban J connectivity index is 2.28. The molecule has 1 heterocycles. The first kappa shape index (κ1) is 17.5. The lowest BCUT2D eigenvalue weighted by Gasteiger charge is -2.21. The molecule has 1 aromatic carbocycles. The van der Waals surface area contributed by atoms with Gasteiger partial charge in [0.2, 0.25) is 0 Å². The second-order valence-corrected chi connectivity index (χ2v) is 6.28. The van der Waals surface area contributed by atoms with Gasteiger partial charge in [0.25, 0.3) is 0 Å². The molecule has 0 spiro atoms. The summed E-state index contributed by atoms with van der Waals surface area (Å²) in [5.41, 5.74) is 4.95. The van der Waals surface area contributed by atoms with Gasteiger partial charge in [0.05, 0.1) is 10.6 Å². The Hall–Kier alpha value is -1.87. The summed E-state index contributed by atoms with van der Waals surface area (Å²) in [6.45, 7) is 8.67. The van der Waals surface area contributed by atoms with Crippen molar-refractivity contribution in [3.8, 4) is 0 Å². The van der Waals surface area contributed by atoms with E-state index in [1.807, 2.05) is 7.05 Å². The van der Waals surface area contributed by atoms with Crippen LogP contribution in [0, 0.1) is 0 Å². The lowest BCUT2D eigenvalue weighted by Crippen LogP contribution is -2.21. The molecule has 122 valence electrons. The maximum Gasteiger partial charge on any atom is 0.0745 e. The van der Waals surface area contributed by atoms with Gasteiger partial charge >= 0.3 is 0 Å². The van der Waals surface area contributed by atoms with Crippen molar-refractivity contribution in [1.82, 2.24) is 0 Å². The monoisotopic (exact) mass is 326 g/mol. The molecule has 0 saturated carbocycles. The third-order valence-corrected chi connectivity index (χ3v) is 4.97. The van der Waals surface area contributed by atoms with E-state index in [9.17, 15) is 0 Å². The number of nitrogens with zero attached hydrogens (tertiary/aromatic N) is 2. The standard InChI is InChI=1S/C20H26N2S/c1-5-16(15-19(21-4)20-9-8-14-23-20)17-10-12-18(13-11-17)22(6-2)7-3/h8-15H,5-7H2,1-4H3. The highest BCUT2D eigenvalue weighted by atomic mass is 32.1. The van der Waals surface area contributed by atoms with Crippen molar-refractivity contribution >= 4 is 28.3 Å². The van der Waals surface area contributed by atoms with Crippen LogP contribution in [0.25, 0.3) is 5.57 Å². The van der Waals surface area contributed by atoms with Crippen LogP contribution in [0.15, 0.2) is 52.8 Å². The average molecular weight is 327 g/mol. The lowest BCUT2D eigenvalue weighted by molar-refractivity contribution is 0.866. The molecule has 23 heavy (non-hydrogen) atoms. The molecule has 0 bridgehead atoms. The highest BCUT2D eigenvalue weighted by Gasteiger charge is 2.06. The molecular formula is C20H26N2S. The van der Waals surface area contributed by atoms with Crippen LogP contribution in [0.4, 0.5) is 5.69 Å². The number of benzene rings is 1. The van der Waals surface area contributed by atoms with E-state index in [-0.39, 0.29) is 0 Å². The number of rotatable bonds is 7. The Labute approximate surface area is 144 Å². The number of thiophene rings is 1. The maximum absolute atomic E-state index is 4.46. The molecule has 0 aliphatic carbocycles. The van der Waals surface area contributed by atoms with Crippen molar-refractivity contribution in [2.75, 3.05) is 25.0 Å². The molecule has 0 saturated heterocycles. The minimum atomic E-state index is 0.995. The van der Waals surface area contributed by atoms with Crippen molar-refractivity contribution in [2.24, 2.45) is 4.99 Å². The predicted molar refractivity (Wildman–Crippen MR) is 105 cm³/mol. The van der Waals surface area contributed by atoms with Crippen LogP contribution in [0.1, 0.15) is 37.6 Å². The lowest BCUT2D eigenvalue weighted by atomic mass is 10.0. The molecule has 0 atom stereocenters. The third-order valence-electron chi connectivity index (χ3n) is 4.07. The Bertz CT molecular complexity index is 647. The normalized spacial score (nSPS) is 12.5. The average Bonchev–Trinajstić information content (AvgIpc) is 3.12. The van der Waals surface area contributed by atoms with Crippen molar-refractivity contribution in [1.29, 1.82) is 0 Å². The van der Waals surface area contributed by atoms with Crippen molar-refractivity contribution < 1.29 is 0 Å². The van der Waals surface area contributed by atoms with Crippen molar-refractivity contribution in [3.05, 3.63) is 58.3 Å². The van der Waals surface area contributed by atoms with Gasteiger partial charge in [-0.3, -0.25) is 4.99 Å². The van der Waals surface area contributed by atoms with Gasteiger partial charge in [-0.05, 0) is 61.1 Å². The summed E-state index contributed by atoms with van der Waals surface area (Å²) in [7, 11) is 1.86. The van der Waals surface area contributed by atoms with Crippen LogP contribution in [-0.4, -0.2) is 25.8 Å². The Morgan fingerprint density at radius 3 is 2.26 bits per heavy atom. The molecule has 0 amide bonds. The minimum Gasteiger partial charge on any atom is -0.372 e. The molecule has 2 aromatic rings. The fourth-order valence-corrected chi connectivity index (χ4v) is 3.43. The summed E-state index contributed by atoms with van der Waals surface area (Å²) in [6.07, 6.45) is 3.22. The van der Waals surface area contributed by atoms with Crippen LogP contribution in [-0.2, 0) is 0 Å². The zero-order valence-electron chi connectivity index (χ0n) is 14.5. The van der Waals surface area contributed by atoms with E-state index in [1.165, 1.54) is 21.7 Å². The Kier molecular flexibility index (Phi) is 6.60. The molecule has 0 aliphatic rings. The fourth-order valence-electron chi connectivity index (χ4n) is 2.70. The van der Waals surface area contributed by atoms with Gasteiger partial charge in [0.1, 0.15) is 0 Å². The summed E-state index contributed by atoms with van der Waals surface area (Å²) in [6, 6.07) is 13.1. The van der Waals surface area contributed by atoms with Crippen LogP contribution in [0.2, 0.25) is 0 Å². The minimum absolute atomic E-state index is 0.995. The Morgan fingerprint density at radius 2 is 1.78 bits per heavy atom. The number of aliphatic imine (C=N–C) groups is 1. The van der Waals surface area contributed by atoms with Crippen LogP contribution in [0.3, 0.4) is 0 Å². The van der Waals surface area contributed by atoms with Gasteiger partial charge in [-0.25, -0.2) is 0 Å². The molecule has 0 radical (unpaired) electrons. The van der Waals surface area contributed by atoms with Crippen molar-refractivity contribution in [3.63, 3.8) is 0 Å². The predicted octanol–water partition coefficient (Wildman–Crippen LogP) is 5.51. The third kappa shape index (κ3) is 4.32. The second kappa shape index (κ2) is 8.68. The van der Waals surface area contributed by atoms with Gasteiger partial charge in [0, 0.05) is 25.8 Å². The Morgan fingerprint density at radius 1 is 1.09 bits per heavy atom. The fraction of sp³-hybridized carbons (Fsp3) is 0.350. The highest BCUT2D eigenvalue weighted by Crippen LogP contribution is 2.23. The zero-order valence-corrected chi connectivity index (χ0v) is 15.4. The molecule has 0 unspecified atom stereocenters. The van der Waals surface area contributed by atoms with Gasteiger partial charge < -0.3 is 4.90 Å². The molecule has 0 fully saturated rings. The zero-order chi connectivity index (χ0) is 16.7. The maximum atomic E-state index is 4.46. The highest BCUT2D eigenvalue weighted by molar-refractivity contribution is 7.12. The first-order valence-corrected chi connectivity index (χ1v) is 9.18. The topological polar surface area (TPSA) is 15.6 Å². The molecule has 0 aliphatic heterocycles. The van der Waals surface area contributed by atoms with Gasteiger partial charge in [0.15, 0.2) is 0 Å². The van der Waals surface area contributed by atoms with Crippen LogP contribution < -0.4 is 4.90 Å². The smallest absolute Gasteiger partial charge is 0.0745 e. The SMILES string of the molecule is CCC(=CC(=NC)c1cccs1)c1ccc(N(CC)CC)cc1. The first-order chi connectivity index (χ1) is 11.2. The van der Waals surface area contributed by atoms with Crippen LogP contribution in [0.5, 0.6) is 0 Å². The van der Waals surface area contributed by atoms with E-state index in [4.69, 9.17) is 0 Å². The van der Waals surface area contributed by atoms with E-state index in [0.29, 0.717) is 0 Å². The van der Waals surface area contributed by atoms with E-state index in [2.05, 4.69) is 78.5 Å².